The van der Waals surface area contributed by atoms with E-state index in [1.165, 1.54) is 18.2 Å². The summed E-state index contributed by atoms with van der Waals surface area (Å²) in [5.74, 6) is 1.17. The van der Waals surface area contributed by atoms with E-state index < -0.39 is 0 Å². The maximum Gasteiger partial charge on any atom is 0.267 e. The number of halogens is 2. The molecular formula is C26H22Cl2N2O2S. The molecule has 0 atom stereocenters. The lowest BCUT2D eigenvalue weighted by Gasteiger charge is -2.30. The average molecular weight is 497 g/mol. The molecule has 0 N–H and O–H groups in total. The predicted molar refractivity (Wildman–Crippen MR) is 137 cm³/mol. The third kappa shape index (κ3) is 4.77. The van der Waals surface area contributed by atoms with Crippen molar-refractivity contribution in [3.05, 3.63) is 81.4 Å². The number of para-hydroxylation sites is 1. The number of furan rings is 1. The fourth-order valence-electron chi connectivity index (χ4n) is 4.24. The highest BCUT2D eigenvalue weighted by Crippen LogP contribution is 2.39. The molecule has 0 bridgehead atoms. The molecule has 2 aliphatic rings. The summed E-state index contributed by atoms with van der Waals surface area (Å²) in [6.45, 7) is 0. The van der Waals surface area contributed by atoms with Crippen molar-refractivity contribution in [1.82, 2.24) is 4.90 Å². The van der Waals surface area contributed by atoms with Gasteiger partial charge in [0.25, 0.3) is 5.91 Å². The first-order valence-electron chi connectivity index (χ1n) is 11.0. The van der Waals surface area contributed by atoms with Crippen molar-refractivity contribution >= 4 is 57.8 Å². The smallest absolute Gasteiger partial charge is 0.267 e. The minimum Gasteiger partial charge on any atom is -0.457 e. The van der Waals surface area contributed by atoms with Gasteiger partial charge in [-0.05, 0) is 61.0 Å². The second kappa shape index (κ2) is 9.80. The van der Waals surface area contributed by atoms with Crippen LogP contribution in [0.15, 0.2) is 75.0 Å². The van der Waals surface area contributed by atoms with Gasteiger partial charge in [0.05, 0.1) is 20.6 Å². The molecule has 1 aliphatic carbocycles. The maximum absolute atomic E-state index is 13.5. The van der Waals surface area contributed by atoms with Crippen molar-refractivity contribution in [2.45, 2.75) is 38.1 Å². The van der Waals surface area contributed by atoms with Gasteiger partial charge in [-0.15, -0.1) is 0 Å². The quantitative estimate of drug-likeness (QED) is 0.342. The summed E-state index contributed by atoms with van der Waals surface area (Å²) in [5.41, 5.74) is 1.56. The highest BCUT2D eigenvalue weighted by molar-refractivity contribution is 8.18. The number of amidine groups is 1. The molecule has 2 fully saturated rings. The number of carbonyl (C=O) groups is 1. The summed E-state index contributed by atoms with van der Waals surface area (Å²) >= 11 is 13.9. The average Bonchev–Trinajstić information content (AvgIpc) is 3.41. The number of benzene rings is 2. The van der Waals surface area contributed by atoms with Crippen LogP contribution < -0.4 is 0 Å². The summed E-state index contributed by atoms with van der Waals surface area (Å²) in [6.07, 6.45) is 7.30. The number of rotatable bonds is 4. The number of aliphatic imine (C=N–C) groups is 1. The van der Waals surface area contributed by atoms with Crippen LogP contribution in [0.2, 0.25) is 10.0 Å². The summed E-state index contributed by atoms with van der Waals surface area (Å²) < 4.78 is 6.01. The number of hydrogen-bond donors (Lipinski definition) is 0. The number of thioether (sulfide) groups is 1. The van der Waals surface area contributed by atoms with E-state index in [0.29, 0.717) is 26.5 Å². The van der Waals surface area contributed by atoms with Crippen LogP contribution in [0.5, 0.6) is 0 Å². The first-order valence-corrected chi connectivity index (χ1v) is 12.6. The van der Waals surface area contributed by atoms with Crippen LogP contribution >= 0.6 is 35.0 Å². The second-order valence-electron chi connectivity index (χ2n) is 8.11. The minimum atomic E-state index is -0.0136. The number of amides is 1. The number of nitrogens with zero attached hydrogens (tertiary/aromatic N) is 2. The molecule has 168 valence electrons. The normalized spacial score (nSPS) is 19.7. The van der Waals surface area contributed by atoms with Gasteiger partial charge in [-0.25, -0.2) is 4.99 Å². The Morgan fingerprint density at radius 1 is 0.970 bits per heavy atom. The minimum absolute atomic E-state index is 0.0136. The van der Waals surface area contributed by atoms with Crippen molar-refractivity contribution < 1.29 is 9.21 Å². The van der Waals surface area contributed by atoms with E-state index in [0.717, 1.165) is 42.1 Å². The highest BCUT2D eigenvalue weighted by Gasteiger charge is 2.38. The number of carbonyl (C=O) groups excluding carboxylic acids is 1. The molecule has 7 heteroatoms. The van der Waals surface area contributed by atoms with Crippen LogP contribution in [0, 0.1) is 0 Å². The van der Waals surface area contributed by atoms with Crippen LogP contribution in [0.4, 0.5) is 5.69 Å². The van der Waals surface area contributed by atoms with Crippen LogP contribution in [0.25, 0.3) is 17.4 Å². The molecule has 1 aromatic heterocycles. The molecular weight excluding hydrogens is 475 g/mol. The summed E-state index contributed by atoms with van der Waals surface area (Å²) in [6, 6.07) is 19.0. The van der Waals surface area contributed by atoms with Crippen LogP contribution in [0.3, 0.4) is 0 Å². The molecule has 1 amide bonds. The Morgan fingerprint density at radius 3 is 2.55 bits per heavy atom. The first kappa shape index (κ1) is 22.3. The Morgan fingerprint density at radius 2 is 1.76 bits per heavy atom. The SMILES string of the molecule is O=C1/C(=C/c2ccc(-c3cccc(Cl)c3Cl)o2)SC(=Nc2ccccc2)N1C1CCCCC1. The zero-order valence-electron chi connectivity index (χ0n) is 17.8. The number of hydrogen-bond acceptors (Lipinski definition) is 4. The van der Waals surface area contributed by atoms with E-state index in [2.05, 4.69) is 0 Å². The van der Waals surface area contributed by atoms with E-state index in [-0.39, 0.29) is 11.9 Å². The molecule has 33 heavy (non-hydrogen) atoms. The molecule has 1 saturated carbocycles. The van der Waals surface area contributed by atoms with E-state index in [4.69, 9.17) is 32.6 Å². The van der Waals surface area contributed by atoms with Gasteiger partial charge in [-0.1, -0.05) is 66.7 Å². The molecule has 5 rings (SSSR count). The van der Waals surface area contributed by atoms with Crippen LogP contribution in [-0.2, 0) is 4.79 Å². The topological polar surface area (TPSA) is 45.8 Å². The standard InChI is InChI=1S/C26H22Cl2N2O2S/c27-21-13-7-12-20(24(21)28)22-15-14-19(32-22)16-23-25(31)30(18-10-5-2-6-11-18)26(33-23)29-17-8-3-1-4-9-17/h1,3-4,7-9,12-16,18H,2,5-6,10-11H2/b23-16-,29-26?. The lowest BCUT2D eigenvalue weighted by Crippen LogP contribution is -2.40. The fourth-order valence-corrected chi connectivity index (χ4v) is 5.67. The van der Waals surface area contributed by atoms with Crippen molar-refractivity contribution in [1.29, 1.82) is 0 Å². The highest BCUT2D eigenvalue weighted by atomic mass is 35.5. The van der Waals surface area contributed by atoms with Gasteiger partial charge < -0.3 is 4.42 Å². The Bertz CT molecular complexity index is 1230. The molecule has 3 aromatic rings. The molecule has 0 unspecified atom stereocenters. The van der Waals surface area contributed by atoms with E-state index in [1.807, 2.05) is 59.5 Å². The fraction of sp³-hybridized carbons (Fsp3) is 0.231. The van der Waals surface area contributed by atoms with Gasteiger partial charge in [0.2, 0.25) is 0 Å². The van der Waals surface area contributed by atoms with Crippen LogP contribution in [0.1, 0.15) is 37.9 Å². The second-order valence-corrected chi connectivity index (χ2v) is 9.91. The lowest BCUT2D eigenvalue weighted by atomic mass is 9.94. The van der Waals surface area contributed by atoms with E-state index in [9.17, 15) is 4.79 Å². The Balaban J connectivity index is 1.47. The third-order valence-electron chi connectivity index (χ3n) is 5.87. The van der Waals surface area contributed by atoms with E-state index in [1.54, 1.807) is 12.1 Å². The van der Waals surface area contributed by atoms with Crippen molar-refractivity contribution in [2.75, 3.05) is 0 Å². The zero-order chi connectivity index (χ0) is 22.8. The van der Waals surface area contributed by atoms with Crippen molar-refractivity contribution in [2.24, 2.45) is 4.99 Å². The molecule has 1 aliphatic heterocycles. The Labute approximate surface area is 207 Å². The first-order chi connectivity index (χ1) is 16.1. The van der Waals surface area contributed by atoms with Gasteiger partial charge in [-0.3, -0.25) is 9.69 Å². The van der Waals surface area contributed by atoms with Gasteiger partial charge in [0, 0.05) is 17.7 Å². The van der Waals surface area contributed by atoms with Crippen molar-refractivity contribution in [3.63, 3.8) is 0 Å². The predicted octanol–water partition coefficient (Wildman–Crippen LogP) is 8.19. The maximum atomic E-state index is 13.5. The molecule has 2 heterocycles. The summed E-state index contributed by atoms with van der Waals surface area (Å²) in [5, 5.41) is 1.64. The lowest BCUT2D eigenvalue weighted by molar-refractivity contribution is -0.124. The summed E-state index contributed by atoms with van der Waals surface area (Å²) in [7, 11) is 0. The van der Waals surface area contributed by atoms with E-state index >= 15 is 0 Å². The van der Waals surface area contributed by atoms with Crippen LogP contribution in [-0.4, -0.2) is 22.0 Å². The summed E-state index contributed by atoms with van der Waals surface area (Å²) in [4.78, 5) is 20.8. The molecule has 0 radical (unpaired) electrons. The van der Waals surface area contributed by atoms with Crippen molar-refractivity contribution in [3.8, 4) is 11.3 Å². The molecule has 1 saturated heterocycles. The zero-order valence-corrected chi connectivity index (χ0v) is 20.2. The largest absolute Gasteiger partial charge is 0.457 e. The monoisotopic (exact) mass is 496 g/mol. The molecule has 0 spiro atoms. The van der Waals surface area contributed by atoms with Gasteiger partial charge in [0.1, 0.15) is 11.5 Å². The van der Waals surface area contributed by atoms with Gasteiger partial charge in [0.15, 0.2) is 5.17 Å². The third-order valence-corrected chi connectivity index (χ3v) is 7.68. The van der Waals surface area contributed by atoms with Gasteiger partial charge >= 0.3 is 0 Å². The van der Waals surface area contributed by atoms with Gasteiger partial charge in [-0.2, -0.15) is 0 Å². The Kier molecular flexibility index (Phi) is 6.63. The molecule has 2 aromatic carbocycles. The molecule has 4 nitrogen and oxygen atoms in total. The Hall–Kier alpha value is -2.47.